The van der Waals surface area contributed by atoms with Crippen molar-refractivity contribution in [2.24, 2.45) is 11.8 Å². The molecule has 0 atom stereocenters. The van der Waals surface area contributed by atoms with Gasteiger partial charge in [-0.1, -0.05) is 25.7 Å². The van der Waals surface area contributed by atoms with Crippen molar-refractivity contribution in [3.8, 4) is 11.8 Å². The summed E-state index contributed by atoms with van der Waals surface area (Å²) in [5.41, 5.74) is 0. The third-order valence-corrected chi connectivity index (χ3v) is 3.83. The van der Waals surface area contributed by atoms with Crippen molar-refractivity contribution in [1.29, 1.82) is 0 Å². The van der Waals surface area contributed by atoms with E-state index >= 15 is 0 Å². The first-order valence-corrected chi connectivity index (χ1v) is 6.48. The van der Waals surface area contributed by atoms with Gasteiger partial charge in [-0.25, -0.2) is 0 Å². The molecule has 2 heterocycles. The number of fused-ring (bicyclic) bond motifs is 4. The Morgan fingerprint density at radius 3 is 2.53 bits per heavy atom. The summed E-state index contributed by atoms with van der Waals surface area (Å²) in [7, 11) is 0. The van der Waals surface area contributed by atoms with Crippen molar-refractivity contribution < 1.29 is 0 Å². The third-order valence-electron chi connectivity index (χ3n) is 3.83. The minimum absolute atomic E-state index is 0.522. The zero-order valence-corrected chi connectivity index (χ0v) is 10.1. The van der Waals surface area contributed by atoms with Crippen LogP contribution in [-0.4, -0.2) is 24.0 Å². The molecule has 2 aliphatic heterocycles. The molecule has 0 spiro atoms. The molecule has 0 N–H and O–H groups in total. The largest absolute Gasteiger partial charge is 0.289 e. The molecule has 0 amide bonds. The lowest BCUT2D eigenvalue weighted by molar-refractivity contribution is 0.207. The van der Waals surface area contributed by atoms with Crippen molar-refractivity contribution in [3.05, 3.63) is 0 Å². The van der Waals surface area contributed by atoms with Gasteiger partial charge >= 0.3 is 0 Å². The average molecular weight is 205 g/mol. The maximum Gasteiger partial charge on any atom is 0.0604 e. The molecule has 2 bridgehead atoms. The maximum atomic E-state index is 3.34. The van der Waals surface area contributed by atoms with Crippen LogP contribution >= 0.6 is 0 Å². The Hall–Kier alpha value is -0.480. The van der Waals surface area contributed by atoms with Gasteiger partial charge in [-0.2, -0.15) is 0 Å². The van der Waals surface area contributed by atoms with Crippen molar-refractivity contribution in [3.63, 3.8) is 0 Å². The maximum absolute atomic E-state index is 3.34. The van der Waals surface area contributed by atoms with Gasteiger partial charge in [0.05, 0.1) is 6.54 Å². The molecule has 84 valence electrons. The van der Waals surface area contributed by atoms with Gasteiger partial charge < -0.3 is 0 Å². The Labute approximate surface area is 94.2 Å². The number of hydrogen-bond acceptors (Lipinski definition) is 1. The quantitative estimate of drug-likeness (QED) is 0.595. The van der Waals surface area contributed by atoms with Crippen LogP contribution in [0.5, 0.6) is 0 Å². The molecule has 0 aromatic carbocycles. The predicted octanol–water partition coefficient (Wildman–Crippen LogP) is 2.91. The normalized spacial score (nSPS) is 31.1. The summed E-state index contributed by atoms with van der Waals surface area (Å²) < 4.78 is 0. The van der Waals surface area contributed by atoms with Gasteiger partial charge in [0, 0.05) is 12.0 Å². The Balaban J connectivity index is 1.89. The minimum atomic E-state index is 0.522. The minimum Gasteiger partial charge on any atom is -0.289 e. The zero-order chi connectivity index (χ0) is 10.7. The molecule has 3 fully saturated rings. The molecule has 1 heteroatoms. The molecular formula is C14H23N. The number of nitrogens with zero attached hydrogens (tertiary/aromatic N) is 1. The Bertz CT molecular complexity index is 250. The fraction of sp³-hybridized carbons (Fsp3) is 0.857. The predicted molar refractivity (Wildman–Crippen MR) is 64.6 cm³/mol. The van der Waals surface area contributed by atoms with Crippen molar-refractivity contribution in [1.82, 2.24) is 4.90 Å². The molecule has 0 aromatic rings. The van der Waals surface area contributed by atoms with Crippen LogP contribution in [0.25, 0.3) is 0 Å². The van der Waals surface area contributed by atoms with E-state index in [1.807, 2.05) is 0 Å². The van der Waals surface area contributed by atoms with E-state index in [9.17, 15) is 0 Å². The van der Waals surface area contributed by atoms with E-state index in [1.54, 1.807) is 0 Å². The molecule has 2 saturated heterocycles. The highest BCUT2D eigenvalue weighted by Gasteiger charge is 2.29. The van der Waals surface area contributed by atoms with Gasteiger partial charge in [-0.05, 0) is 44.6 Å². The first-order chi connectivity index (χ1) is 7.25. The second-order valence-corrected chi connectivity index (χ2v) is 5.41. The lowest BCUT2D eigenvalue weighted by Crippen LogP contribution is -2.34. The van der Waals surface area contributed by atoms with E-state index in [4.69, 9.17) is 0 Å². The van der Waals surface area contributed by atoms with E-state index < -0.39 is 0 Å². The number of hydrogen-bond donors (Lipinski definition) is 0. The Morgan fingerprint density at radius 2 is 1.87 bits per heavy atom. The van der Waals surface area contributed by atoms with E-state index in [0.717, 1.165) is 18.5 Å². The van der Waals surface area contributed by atoms with Gasteiger partial charge in [0.25, 0.3) is 0 Å². The first kappa shape index (κ1) is 11.0. The second kappa shape index (κ2) is 5.03. The van der Waals surface area contributed by atoms with Crippen LogP contribution in [0.1, 0.15) is 46.0 Å². The van der Waals surface area contributed by atoms with Crippen LogP contribution in [0, 0.1) is 23.7 Å². The van der Waals surface area contributed by atoms with Crippen LogP contribution in [0.3, 0.4) is 0 Å². The van der Waals surface area contributed by atoms with Crippen LogP contribution < -0.4 is 0 Å². The lowest BCUT2D eigenvalue weighted by atomic mass is 9.86. The van der Waals surface area contributed by atoms with Crippen LogP contribution in [0.4, 0.5) is 0 Å². The summed E-state index contributed by atoms with van der Waals surface area (Å²) in [5.74, 6) is 8.17. The smallest absolute Gasteiger partial charge is 0.0604 e. The highest BCUT2D eigenvalue weighted by atomic mass is 15.2. The van der Waals surface area contributed by atoms with Crippen molar-refractivity contribution in [2.45, 2.75) is 52.0 Å². The summed E-state index contributed by atoms with van der Waals surface area (Å²) in [6, 6.07) is 0.852. The van der Waals surface area contributed by atoms with E-state index in [-0.39, 0.29) is 0 Å². The SMILES string of the molecule is CC(C)C#CCN1CCC2CCC1CC2. The fourth-order valence-electron chi connectivity index (χ4n) is 2.89. The van der Waals surface area contributed by atoms with Gasteiger partial charge in [0.15, 0.2) is 0 Å². The molecule has 1 aliphatic carbocycles. The van der Waals surface area contributed by atoms with Crippen molar-refractivity contribution >= 4 is 0 Å². The molecule has 0 aromatic heterocycles. The monoisotopic (exact) mass is 205 g/mol. The summed E-state index contributed by atoms with van der Waals surface area (Å²) in [4.78, 5) is 2.63. The topological polar surface area (TPSA) is 3.24 Å². The Kier molecular flexibility index (Phi) is 3.70. The highest BCUT2D eigenvalue weighted by Crippen LogP contribution is 2.33. The van der Waals surface area contributed by atoms with Gasteiger partial charge in [-0.15, -0.1) is 0 Å². The molecule has 3 rings (SSSR count). The second-order valence-electron chi connectivity index (χ2n) is 5.41. The molecule has 0 unspecified atom stereocenters. The molecular weight excluding hydrogens is 182 g/mol. The summed E-state index contributed by atoms with van der Waals surface area (Å²) in [6.07, 6.45) is 7.21. The fourth-order valence-corrected chi connectivity index (χ4v) is 2.89. The molecule has 15 heavy (non-hydrogen) atoms. The van der Waals surface area contributed by atoms with E-state index in [2.05, 4.69) is 30.6 Å². The summed E-state index contributed by atoms with van der Waals surface area (Å²) >= 11 is 0. The highest BCUT2D eigenvalue weighted by molar-refractivity contribution is 5.04. The number of rotatable bonds is 1. The van der Waals surface area contributed by atoms with Crippen LogP contribution in [0.2, 0.25) is 0 Å². The summed E-state index contributed by atoms with van der Waals surface area (Å²) in [5, 5.41) is 0. The zero-order valence-electron chi connectivity index (χ0n) is 10.1. The van der Waals surface area contributed by atoms with Gasteiger partial charge in [-0.3, -0.25) is 4.90 Å². The van der Waals surface area contributed by atoms with E-state index in [1.165, 1.54) is 38.6 Å². The van der Waals surface area contributed by atoms with Crippen molar-refractivity contribution in [2.75, 3.05) is 13.1 Å². The van der Waals surface area contributed by atoms with E-state index in [0.29, 0.717) is 5.92 Å². The molecule has 3 aliphatic rings. The third kappa shape index (κ3) is 2.98. The average Bonchev–Trinajstić information content (AvgIpc) is 2.52. The lowest BCUT2D eigenvalue weighted by Gasteiger charge is -2.29. The molecule has 1 saturated carbocycles. The molecule has 1 nitrogen and oxygen atoms in total. The van der Waals surface area contributed by atoms with Gasteiger partial charge in [0.1, 0.15) is 0 Å². The van der Waals surface area contributed by atoms with Gasteiger partial charge in [0.2, 0.25) is 0 Å². The first-order valence-electron chi connectivity index (χ1n) is 6.48. The van der Waals surface area contributed by atoms with Crippen LogP contribution in [-0.2, 0) is 0 Å². The Morgan fingerprint density at radius 1 is 1.13 bits per heavy atom. The van der Waals surface area contributed by atoms with Crippen LogP contribution in [0.15, 0.2) is 0 Å². The summed E-state index contributed by atoms with van der Waals surface area (Å²) in [6.45, 7) is 6.64. The molecule has 0 radical (unpaired) electrons. The standard InChI is InChI=1S/C14H23N/c1-12(2)4-3-10-15-11-9-13-5-7-14(15)8-6-13/h12-14H,5-11H2,1-2H3.